The second-order valence-corrected chi connectivity index (χ2v) is 8.35. The van der Waals surface area contributed by atoms with Crippen molar-refractivity contribution in [2.45, 2.75) is 32.4 Å². The first-order valence-corrected chi connectivity index (χ1v) is 10.5. The highest BCUT2D eigenvalue weighted by Crippen LogP contribution is 2.35. The van der Waals surface area contributed by atoms with E-state index in [1.807, 2.05) is 6.07 Å². The number of amides is 2. The van der Waals surface area contributed by atoms with Gasteiger partial charge in [0.05, 0.1) is 5.69 Å². The number of carbonyl (C=O) groups is 1. The molecule has 2 aliphatic rings. The molecule has 0 saturated carbocycles. The Morgan fingerprint density at radius 2 is 1.88 bits per heavy atom. The van der Waals surface area contributed by atoms with Crippen LogP contribution in [0.2, 0.25) is 0 Å². The molecule has 2 aliphatic heterocycles. The van der Waals surface area contributed by atoms with Crippen LogP contribution in [0.15, 0.2) is 24.4 Å². The Morgan fingerprint density at radius 3 is 2.59 bits per heavy atom. The minimum Gasteiger partial charge on any atom is -0.368 e. The number of fused-ring (bicyclic) bond motifs is 2. The van der Waals surface area contributed by atoms with Crippen molar-refractivity contribution < 1.29 is 9.18 Å². The highest BCUT2D eigenvalue weighted by molar-refractivity contribution is 6.03. The maximum Gasteiger partial charge on any atom is 0.327 e. The zero-order valence-corrected chi connectivity index (χ0v) is 19.0. The smallest absolute Gasteiger partial charge is 0.327 e. The first-order valence-electron chi connectivity index (χ1n) is 10.5. The molecule has 2 aromatic heterocycles. The summed E-state index contributed by atoms with van der Waals surface area (Å²) >= 11 is 0. The summed E-state index contributed by atoms with van der Waals surface area (Å²) in [6.45, 7) is 6.64. The lowest BCUT2D eigenvalue weighted by Crippen LogP contribution is -2.54. The lowest BCUT2D eigenvalue weighted by Gasteiger charge is -2.38. The highest BCUT2D eigenvalue weighted by Gasteiger charge is 2.31. The normalized spacial score (nSPS) is 20.2. The summed E-state index contributed by atoms with van der Waals surface area (Å²) in [6, 6.07) is 5.15. The first kappa shape index (κ1) is 22.2. The minimum absolute atomic E-state index is 0. The van der Waals surface area contributed by atoms with Gasteiger partial charge < -0.3 is 15.5 Å². The molecule has 2 amide bonds. The molecule has 0 spiro atoms. The van der Waals surface area contributed by atoms with Gasteiger partial charge in [-0.15, -0.1) is 12.4 Å². The number of aromatic nitrogens is 4. The molecule has 170 valence electrons. The van der Waals surface area contributed by atoms with E-state index in [0.717, 1.165) is 24.3 Å². The van der Waals surface area contributed by atoms with Crippen molar-refractivity contribution in [3.8, 4) is 0 Å². The number of anilines is 3. The van der Waals surface area contributed by atoms with Gasteiger partial charge in [0.2, 0.25) is 0 Å². The third-order valence-electron chi connectivity index (χ3n) is 5.80. The van der Waals surface area contributed by atoms with Crippen LogP contribution in [0.4, 0.5) is 26.4 Å². The number of halogens is 2. The third-order valence-corrected chi connectivity index (χ3v) is 5.80. The summed E-state index contributed by atoms with van der Waals surface area (Å²) < 4.78 is 14.5. The Labute approximate surface area is 191 Å². The molecule has 32 heavy (non-hydrogen) atoms. The van der Waals surface area contributed by atoms with E-state index >= 15 is 0 Å². The van der Waals surface area contributed by atoms with Crippen LogP contribution in [0.1, 0.15) is 19.4 Å². The highest BCUT2D eigenvalue weighted by atomic mass is 35.5. The van der Waals surface area contributed by atoms with E-state index in [1.54, 1.807) is 18.1 Å². The summed E-state index contributed by atoms with van der Waals surface area (Å²) in [5.74, 6) is 0.0844. The molecule has 0 radical (unpaired) electrons. The van der Waals surface area contributed by atoms with Gasteiger partial charge in [-0.05, 0) is 32.4 Å². The summed E-state index contributed by atoms with van der Waals surface area (Å²) in [5.41, 5.74) is 3.21. The number of hydrogen-bond acceptors (Lipinski definition) is 6. The number of nitrogens with one attached hydrogen (secondary N) is 2. The van der Waals surface area contributed by atoms with Crippen molar-refractivity contribution in [1.82, 2.24) is 25.3 Å². The number of pyridine rings is 1. The average Bonchev–Trinajstić information content (AvgIpc) is 3.29. The van der Waals surface area contributed by atoms with Gasteiger partial charge in [-0.3, -0.25) is 4.90 Å². The fraction of sp³-hybridized carbons (Fsp3) is 0.429. The fourth-order valence-corrected chi connectivity index (χ4v) is 4.62. The SMILES string of the molecule is C[C@@H]1CN(c2ccnc3c2CCN3C(=O)Nc2cc3nn(C)nc3cc2F)C[C@H](C)N1.Cl. The minimum atomic E-state index is -0.550. The Bertz CT molecular complexity index is 1160. The van der Waals surface area contributed by atoms with Crippen molar-refractivity contribution >= 4 is 46.7 Å². The fourth-order valence-electron chi connectivity index (χ4n) is 4.62. The number of benzene rings is 1. The van der Waals surface area contributed by atoms with E-state index in [2.05, 4.69) is 44.6 Å². The molecular weight excluding hydrogens is 435 g/mol. The quantitative estimate of drug-likeness (QED) is 0.611. The Balaban J connectivity index is 0.00000245. The summed E-state index contributed by atoms with van der Waals surface area (Å²) in [4.78, 5) is 22.8. The van der Waals surface area contributed by atoms with Crippen LogP contribution >= 0.6 is 12.4 Å². The van der Waals surface area contributed by atoms with Gasteiger partial charge in [-0.2, -0.15) is 15.0 Å². The van der Waals surface area contributed by atoms with Crippen molar-refractivity contribution in [3.63, 3.8) is 0 Å². The summed E-state index contributed by atoms with van der Waals surface area (Å²) in [5, 5.41) is 14.5. The maximum absolute atomic E-state index is 14.5. The lowest BCUT2D eigenvalue weighted by molar-refractivity contribution is 0.257. The number of urea groups is 1. The van der Waals surface area contributed by atoms with Crippen molar-refractivity contribution in [3.05, 3.63) is 35.8 Å². The topological polar surface area (TPSA) is 91.2 Å². The summed E-state index contributed by atoms with van der Waals surface area (Å²) in [6.07, 6.45) is 2.45. The number of nitrogens with zero attached hydrogens (tertiary/aromatic N) is 6. The Kier molecular flexibility index (Phi) is 5.91. The molecule has 0 aliphatic carbocycles. The van der Waals surface area contributed by atoms with Crippen molar-refractivity contribution in [2.24, 2.45) is 7.05 Å². The molecule has 1 saturated heterocycles. The zero-order valence-electron chi connectivity index (χ0n) is 18.2. The van der Waals surface area contributed by atoms with Crippen LogP contribution < -0.4 is 20.4 Å². The maximum atomic E-state index is 14.5. The van der Waals surface area contributed by atoms with E-state index < -0.39 is 11.8 Å². The molecule has 2 N–H and O–H groups in total. The number of aryl methyl sites for hydroxylation is 1. The van der Waals surface area contributed by atoms with Crippen molar-refractivity contribution in [2.75, 3.05) is 34.8 Å². The third kappa shape index (κ3) is 3.95. The van der Waals surface area contributed by atoms with Gasteiger partial charge >= 0.3 is 6.03 Å². The molecule has 9 nitrogen and oxygen atoms in total. The molecule has 2 atom stereocenters. The van der Waals surface area contributed by atoms with E-state index in [-0.39, 0.29) is 18.1 Å². The van der Waals surface area contributed by atoms with Gasteiger partial charge in [0.25, 0.3) is 0 Å². The molecule has 5 rings (SSSR count). The Hall–Kier alpha value is -2.98. The summed E-state index contributed by atoms with van der Waals surface area (Å²) in [7, 11) is 1.67. The monoisotopic (exact) mass is 460 g/mol. The van der Waals surface area contributed by atoms with E-state index in [1.165, 1.54) is 16.9 Å². The number of piperazine rings is 1. The van der Waals surface area contributed by atoms with Crippen LogP contribution in [-0.2, 0) is 13.5 Å². The van der Waals surface area contributed by atoms with E-state index in [4.69, 9.17) is 0 Å². The molecular formula is C21H26ClFN8O. The average molecular weight is 461 g/mol. The van der Waals surface area contributed by atoms with Crippen LogP contribution in [0.25, 0.3) is 11.0 Å². The Morgan fingerprint density at radius 1 is 1.19 bits per heavy atom. The van der Waals surface area contributed by atoms with Crippen LogP contribution in [-0.4, -0.2) is 57.7 Å². The molecule has 1 aromatic carbocycles. The number of hydrogen-bond donors (Lipinski definition) is 2. The predicted molar refractivity (Wildman–Crippen MR) is 124 cm³/mol. The van der Waals surface area contributed by atoms with E-state index in [0.29, 0.717) is 41.9 Å². The van der Waals surface area contributed by atoms with Gasteiger partial charge in [0.1, 0.15) is 22.7 Å². The standard InChI is InChI=1S/C21H25FN8O.ClH/c1-12-10-29(11-13(2)24-12)19-4-6-23-20-14(19)5-7-30(20)21(31)25-16-9-18-17(8-15(16)22)26-28(3)27-18;/h4,6,8-9,12-13,24H,5,7,10-11H2,1-3H3,(H,25,31);1H/t12-,13+;. The predicted octanol–water partition coefficient (Wildman–Crippen LogP) is 2.71. The number of rotatable bonds is 2. The van der Waals surface area contributed by atoms with Crippen LogP contribution in [0.5, 0.6) is 0 Å². The molecule has 0 bridgehead atoms. The molecule has 1 fully saturated rings. The lowest BCUT2D eigenvalue weighted by atomic mass is 10.1. The zero-order chi connectivity index (χ0) is 21.7. The molecule has 0 unspecified atom stereocenters. The molecule has 3 aromatic rings. The van der Waals surface area contributed by atoms with Gasteiger partial charge in [0.15, 0.2) is 0 Å². The van der Waals surface area contributed by atoms with Gasteiger partial charge in [-0.1, -0.05) is 0 Å². The van der Waals surface area contributed by atoms with Crippen LogP contribution in [0, 0.1) is 5.82 Å². The van der Waals surface area contributed by atoms with Gasteiger partial charge in [0, 0.05) is 62.3 Å². The van der Waals surface area contributed by atoms with E-state index in [9.17, 15) is 9.18 Å². The van der Waals surface area contributed by atoms with Crippen molar-refractivity contribution in [1.29, 1.82) is 0 Å². The van der Waals surface area contributed by atoms with Gasteiger partial charge in [-0.25, -0.2) is 14.2 Å². The molecule has 4 heterocycles. The second-order valence-electron chi connectivity index (χ2n) is 8.35. The second kappa shape index (κ2) is 8.51. The van der Waals surface area contributed by atoms with Crippen LogP contribution in [0.3, 0.4) is 0 Å². The molecule has 11 heteroatoms. The first-order chi connectivity index (χ1) is 14.9. The largest absolute Gasteiger partial charge is 0.368 e. The number of carbonyl (C=O) groups excluding carboxylic acids is 1.